The molecule has 0 atom stereocenters. The average molecular weight is 289 g/mol. The summed E-state index contributed by atoms with van der Waals surface area (Å²) in [4.78, 5) is 16.9. The highest BCUT2D eigenvalue weighted by Gasteiger charge is 2.06. The van der Waals surface area contributed by atoms with Crippen LogP contribution in [0, 0.1) is 5.82 Å². The van der Waals surface area contributed by atoms with Gasteiger partial charge in [-0.15, -0.1) is 0 Å². The summed E-state index contributed by atoms with van der Waals surface area (Å²) in [5, 5.41) is 0. The van der Waals surface area contributed by atoms with Crippen molar-refractivity contribution in [1.29, 1.82) is 0 Å². The lowest BCUT2D eigenvalue weighted by Crippen LogP contribution is -2.25. The number of hydrogen-bond donors (Lipinski definition) is 1. The summed E-state index contributed by atoms with van der Waals surface area (Å²) < 4.78 is 18.7. The molecular formula is C15H16FN3O2. The fourth-order valence-electron chi connectivity index (χ4n) is 1.73. The van der Waals surface area contributed by atoms with Gasteiger partial charge in [-0.1, -0.05) is 12.1 Å². The van der Waals surface area contributed by atoms with Crippen LogP contribution < -0.4 is 15.4 Å². The van der Waals surface area contributed by atoms with Crippen molar-refractivity contribution in [3.8, 4) is 5.75 Å². The number of nitrogens with zero attached hydrogens (tertiary/aromatic N) is 2. The number of carbonyl (C=O) groups is 1. The van der Waals surface area contributed by atoms with Gasteiger partial charge >= 0.3 is 0 Å². The zero-order valence-corrected chi connectivity index (χ0v) is 11.6. The number of hydrogen-bond acceptors (Lipinski definition) is 4. The first kappa shape index (κ1) is 14.8. The molecule has 0 aliphatic carbocycles. The number of aromatic nitrogens is 1. The van der Waals surface area contributed by atoms with E-state index in [-0.39, 0.29) is 11.6 Å². The van der Waals surface area contributed by atoms with Crippen molar-refractivity contribution >= 4 is 11.7 Å². The van der Waals surface area contributed by atoms with E-state index < -0.39 is 5.91 Å². The summed E-state index contributed by atoms with van der Waals surface area (Å²) in [5.41, 5.74) is 5.51. The molecular weight excluding hydrogens is 273 g/mol. The van der Waals surface area contributed by atoms with Crippen molar-refractivity contribution in [2.45, 2.75) is 0 Å². The van der Waals surface area contributed by atoms with E-state index in [1.54, 1.807) is 30.3 Å². The molecule has 0 aliphatic rings. The number of carbonyl (C=O) groups excluding carboxylic acids is 1. The lowest BCUT2D eigenvalue weighted by Gasteiger charge is -2.18. The number of nitrogens with two attached hydrogens (primary N) is 1. The minimum Gasteiger partial charge on any atom is -0.489 e. The third-order valence-electron chi connectivity index (χ3n) is 2.94. The molecule has 0 spiro atoms. The SMILES string of the molecule is CN(CCOc1ccccc1F)c1ccc(C(N)=O)cn1. The maximum absolute atomic E-state index is 13.4. The lowest BCUT2D eigenvalue weighted by atomic mass is 10.2. The highest BCUT2D eigenvalue weighted by Crippen LogP contribution is 2.15. The zero-order chi connectivity index (χ0) is 15.2. The monoisotopic (exact) mass is 289 g/mol. The molecule has 21 heavy (non-hydrogen) atoms. The molecule has 110 valence electrons. The number of para-hydroxylation sites is 1. The number of halogens is 1. The van der Waals surface area contributed by atoms with E-state index in [0.717, 1.165) is 0 Å². The molecule has 1 aromatic carbocycles. The van der Waals surface area contributed by atoms with Crippen LogP contribution >= 0.6 is 0 Å². The molecule has 0 aliphatic heterocycles. The van der Waals surface area contributed by atoms with Gasteiger partial charge in [-0.05, 0) is 24.3 Å². The van der Waals surface area contributed by atoms with Gasteiger partial charge in [-0.2, -0.15) is 0 Å². The van der Waals surface area contributed by atoms with Crippen LogP contribution in [0.1, 0.15) is 10.4 Å². The van der Waals surface area contributed by atoms with E-state index in [4.69, 9.17) is 10.5 Å². The van der Waals surface area contributed by atoms with Gasteiger partial charge in [-0.3, -0.25) is 4.79 Å². The Balaban J connectivity index is 1.88. The first-order valence-electron chi connectivity index (χ1n) is 6.42. The highest BCUT2D eigenvalue weighted by molar-refractivity contribution is 5.92. The molecule has 0 saturated heterocycles. The third-order valence-corrected chi connectivity index (χ3v) is 2.94. The summed E-state index contributed by atoms with van der Waals surface area (Å²) in [7, 11) is 1.83. The molecule has 0 saturated carbocycles. The molecule has 0 radical (unpaired) electrons. The van der Waals surface area contributed by atoms with Crippen molar-refractivity contribution in [2.24, 2.45) is 5.73 Å². The molecule has 0 unspecified atom stereocenters. The second-order valence-corrected chi connectivity index (χ2v) is 4.47. The summed E-state index contributed by atoms with van der Waals surface area (Å²) in [6.07, 6.45) is 1.42. The van der Waals surface area contributed by atoms with Crippen LogP contribution in [0.15, 0.2) is 42.6 Å². The Labute approximate surface area is 122 Å². The van der Waals surface area contributed by atoms with Crippen molar-refractivity contribution < 1.29 is 13.9 Å². The van der Waals surface area contributed by atoms with Gasteiger partial charge in [0.25, 0.3) is 0 Å². The quantitative estimate of drug-likeness (QED) is 0.881. The Bertz CT molecular complexity index is 617. The van der Waals surface area contributed by atoms with Crippen molar-refractivity contribution in [2.75, 3.05) is 25.1 Å². The fourth-order valence-corrected chi connectivity index (χ4v) is 1.73. The number of ether oxygens (including phenoxy) is 1. The first-order valence-corrected chi connectivity index (χ1v) is 6.42. The Kier molecular flexibility index (Phi) is 4.71. The van der Waals surface area contributed by atoms with E-state index in [0.29, 0.717) is 24.5 Å². The van der Waals surface area contributed by atoms with Crippen LogP contribution in [0.4, 0.5) is 10.2 Å². The lowest BCUT2D eigenvalue weighted by molar-refractivity contribution is 0.1000. The molecule has 2 aromatic rings. The highest BCUT2D eigenvalue weighted by atomic mass is 19.1. The number of likely N-dealkylation sites (N-methyl/N-ethyl adjacent to an activating group) is 1. The molecule has 5 nitrogen and oxygen atoms in total. The smallest absolute Gasteiger partial charge is 0.250 e. The van der Waals surface area contributed by atoms with E-state index in [1.807, 2.05) is 11.9 Å². The van der Waals surface area contributed by atoms with Crippen LogP contribution in [-0.4, -0.2) is 31.1 Å². The van der Waals surface area contributed by atoms with Crippen LogP contribution in [0.25, 0.3) is 0 Å². The van der Waals surface area contributed by atoms with E-state index in [9.17, 15) is 9.18 Å². The Morgan fingerprint density at radius 1 is 1.33 bits per heavy atom. The summed E-state index contributed by atoms with van der Waals surface area (Å²) >= 11 is 0. The van der Waals surface area contributed by atoms with Gasteiger partial charge in [0, 0.05) is 13.2 Å². The zero-order valence-electron chi connectivity index (χ0n) is 11.6. The van der Waals surface area contributed by atoms with Crippen LogP contribution in [0.3, 0.4) is 0 Å². The number of amides is 1. The largest absolute Gasteiger partial charge is 0.489 e. The van der Waals surface area contributed by atoms with Crippen molar-refractivity contribution in [3.63, 3.8) is 0 Å². The molecule has 1 amide bonds. The molecule has 2 rings (SSSR count). The topological polar surface area (TPSA) is 68.5 Å². The standard InChI is InChI=1S/C15H16FN3O2/c1-19(14-7-6-11(10-18-14)15(17)20)8-9-21-13-5-3-2-4-12(13)16/h2-7,10H,8-9H2,1H3,(H2,17,20). The third kappa shape index (κ3) is 3.92. The van der Waals surface area contributed by atoms with Gasteiger partial charge in [0.15, 0.2) is 11.6 Å². The molecule has 0 fully saturated rings. The number of rotatable bonds is 6. The number of anilines is 1. The number of benzene rings is 1. The number of primary amides is 1. The van der Waals surface area contributed by atoms with Gasteiger partial charge in [0.2, 0.25) is 5.91 Å². The number of pyridine rings is 1. The van der Waals surface area contributed by atoms with Gasteiger partial charge < -0.3 is 15.4 Å². The fraction of sp³-hybridized carbons (Fsp3) is 0.200. The molecule has 0 bridgehead atoms. The first-order chi connectivity index (χ1) is 10.1. The maximum Gasteiger partial charge on any atom is 0.250 e. The summed E-state index contributed by atoms with van der Waals surface area (Å²) in [6, 6.07) is 9.56. The molecule has 1 heterocycles. The maximum atomic E-state index is 13.4. The predicted molar refractivity (Wildman–Crippen MR) is 77.9 cm³/mol. The second kappa shape index (κ2) is 6.69. The van der Waals surface area contributed by atoms with Gasteiger partial charge in [-0.25, -0.2) is 9.37 Å². The van der Waals surface area contributed by atoms with Crippen LogP contribution in [-0.2, 0) is 0 Å². The normalized spacial score (nSPS) is 10.2. The Morgan fingerprint density at radius 2 is 2.10 bits per heavy atom. The minimum absolute atomic E-state index is 0.225. The van der Waals surface area contributed by atoms with Crippen molar-refractivity contribution in [3.05, 3.63) is 54.0 Å². The molecule has 2 N–H and O–H groups in total. The van der Waals surface area contributed by atoms with Crippen LogP contribution in [0.2, 0.25) is 0 Å². The molecule has 1 aromatic heterocycles. The van der Waals surface area contributed by atoms with E-state index in [2.05, 4.69) is 4.98 Å². The Morgan fingerprint density at radius 3 is 2.71 bits per heavy atom. The van der Waals surface area contributed by atoms with E-state index in [1.165, 1.54) is 12.3 Å². The van der Waals surface area contributed by atoms with Gasteiger partial charge in [0.05, 0.1) is 12.1 Å². The Hall–Kier alpha value is -2.63. The second-order valence-electron chi connectivity index (χ2n) is 4.47. The van der Waals surface area contributed by atoms with Gasteiger partial charge in [0.1, 0.15) is 12.4 Å². The van der Waals surface area contributed by atoms with Crippen LogP contribution in [0.5, 0.6) is 5.75 Å². The average Bonchev–Trinajstić information content (AvgIpc) is 2.49. The summed E-state index contributed by atoms with van der Waals surface area (Å²) in [6.45, 7) is 0.841. The van der Waals surface area contributed by atoms with Crippen molar-refractivity contribution in [1.82, 2.24) is 4.98 Å². The van der Waals surface area contributed by atoms with E-state index >= 15 is 0 Å². The summed E-state index contributed by atoms with van der Waals surface area (Å²) in [5.74, 6) is 0.00347. The predicted octanol–water partition coefficient (Wildman–Crippen LogP) is 1.83. The molecule has 6 heteroatoms. The minimum atomic E-state index is -0.514.